The zero-order valence-electron chi connectivity index (χ0n) is 11.7. The third-order valence-electron chi connectivity index (χ3n) is 3.07. The van der Waals surface area contributed by atoms with Gasteiger partial charge in [0.1, 0.15) is 11.6 Å². The van der Waals surface area contributed by atoms with Gasteiger partial charge in [0.15, 0.2) is 0 Å². The molecule has 2 rings (SSSR count). The van der Waals surface area contributed by atoms with Crippen molar-refractivity contribution in [3.05, 3.63) is 56.9 Å². The number of nitro groups is 1. The summed E-state index contributed by atoms with van der Waals surface area (Å²) < 4.78 is 13.5. The highest BCUT2D eigenvalue weighted by atomic mass is 19.1. The molecule has 0 aliphatic carbocycles. The van der Waals surface area contributed by atoms with E-state index in [2.05, 4.69) is 10.3 Å². The molecule has 0 fully saturated rings. The molecule has 1 heterocycles. The summed E-state index contributed by atoms with van der Waals surface area (Å²) in [5, 5.41) is 13.7. The number of benzene rings is 1. The Labute approximate surface area is 121 Å². The highest BCUT2D eigenvalue weighted by Gasteiger charge is 2.12. The second-order valence-electron chi connectivity index (χ2n) is 4.76. The van der Waals surface area contributed by atoms with Crippen molar-refractivity contribution in [2.75, 3.05) is 11.1 Å². The number of pyridine rings is 1. The predicted octanol–water partition coefficient (Wildman–Crippen LogP) is 2.94. The van der Waals surface area contributed by atoms with Crippen LogP contribution in [0.25, 0.3) is 0 Å². The van der Waals surface area contributed by atoms with Crippen LogP contribution in [0, 0.1) is 29.8 Å². The van der Waals surface area contributed by atoms with Gasteiger partial charge in [-0.05, 0) is 36.6 Å². The number of nitrogens with two attached hydrogens (primary N) is 1. The zero-order chi connectivity index (χ0) is 15.6. The number of aryl methyl sites for hydroxylation is 2. The van der Waals surface area contributed by atoms with Crippen LogP contribution in [-0.2, 0) is 6.54 Å². The first-order valence-electron chi connectivity index (χ1n) is 6.29. The fourth-order valence-corrected chi connectivity index (χ4v) is 2.05. The number of nitrogens with zero attached hydrogens (tertiary/aromatic N) is 2. The Bertz CT molecular complexity index is 680. The average Bonchev–Trinajstić information content (AvgIpc) is 2.42. The highest BCUT2D eigenvalue weighted by Crippen LogP contribution is 2.21. The van der Waals surface area contributed by atoms with Gasteiger partial charge in [-0.1, -0.05) is 12.1 Å². The Morgan fingerprint density at radius 2 is 1.95 bits per heavy atom. The normalized spacial score (nSPS) is 10.4. The van der Waals surface area contributed by atoms with Crippen LogP contribution in [-0.4, -0.2) is 9.91 Å². The average molecular weight is 290 g/mol. The lowest BCUT2D eigenvalue weighted by Gasteiger charge is -2.09. The van der Waals surface area contributed by atoms with Crippen molar-refractivity contribution in [2.45, 2.75) is 20.4 Å². The zero-order valence-corrected chi connectivity index (χ0v) is 11.7. The Morgan fingerprint density at radius 1 is 1.33 bits per heavy atom. The van der Waals surface area contributed by atoms with Crippen molar-refractivity contribution in [2.24, 2.45) is 0 Å². The molecule has 0 atom stereocenters. The molecule has 21 heavy (non-hydrogen) atoms. The van der Waals surface area contributed by atoms with Gasteiger partial charge in [0, 0.05) is 12.6 Å². The molecule has 6 nitrogen and oxygen atoms in total. The summed E-state index contributed by atoms with van der Waals surface area (Å²) in [6.45, 7) is 3.83. The van der Waals surface area contributed by atoms with Gasteiger partial charge in [-0.15, -0.1) is 0 Å². The summed E-state index contributed by atoms with van der Waals surface area (Å²) in [6.07, 6.45) is 0. The summed E-state index contributed by atoms with van der Waals surface area (Å²) in [7, 11) is 0. The topological polar surface area (TPSA) is 94.1 Å². The minimum atomic E-state index is -0.585. The quantitative estimate of drug-likeness (QED) is 0.667. The summed E-state index contributed by atoms with van der Waals surface area (Å²) >= 11 is 0. The molecular weight excluding hydrogens is 275 g/mol. The number of nitrogen functional groups attached to an aromatic ring is 1. The van der Waals surface area contributed by atoms with E-state index in [1.165, 1.54) is 12.1 Å². The Balaban J connectivity index is 2.13. The molecule has 0 unspecified atom stereocenters. The highest BCUT2D eigenvalue weighted by molar-refractivity contribution is 5.57. The predicted molar refractivity (Wildman–Crippen MR) is 78.5 cm³/mol. The minimum absolute atomic E-state index is 0.142. The van der Waals surface area contributed by atoms with E-state index in [-0.39, 0.29) is 17.3 Å². The van der Waals surface area contributed by atoms with Gasteiger partial charge in [0.25, 0.3) is 0 Å². The van der Waals surface area contributed by atoms with Crippen molar-refractivity contribution in [3.63, 3.8) is 0 Å². The van der Waals surface area contributed by atoms with E-state index in [4.69, 9.17) is 5.73 Å². The van der Waals surface area contributed by atoms with E-state index in [1.807, 2.05) is 0 Å². The number of aromatic nitrogens is 1. The largest absolute Gasteiger partial charge is 0.378 e. The third kappa shape index (κ3) is 3.25. The molecule has 1 aromatic carbocycles. The van der Waals surface area contributed by atoms with Crippen molar-refractivity contribution in [1.29, 1.82) is 0 Å². The Morgan fingerprint density at radius 3 is 2.48 bits per heavy atom. The minimum Gasteiger partial charge on any atom is -0.378 e. The van der Waals surface area contributed by atoms with E-state index < -0.39 is 4.92 Å². The Kier molecular flexibility index (Phi) is 4.02. The number of rotatable bonds is 4. The first-order valence-corrected chi connectivity index (χ1v) is 6.29. The molecule has 3 N–H and O–H groups in total. The summed E-state index contributed by atoms with van der Waals surface area (Å²) in [6, 6.07) is 6.26. The number of hydrogen-bond acceptors (Lipinski definition) is 5. The molecule has 0 bridgehead atoms. The fraction of sp³-hybridized carbons (Fsp3) is 0.214. The van der Waals surface area contributed by atoms with Crippen LogP contribution >= 0.6 is 0 Å². The molecule has 7 heteroatoms. The van der Waals surface area contributed by atoms with Crippen molar-refractivity contribution >= 4 is 17.3 Å². The monoisotopic (exact) mass is 290 g/mol. The Hall–Kier alpha value is -2.70. The standard InChI is InChI=1S/C14H15FN4O2/c1-8-5-10(6-9(2)13(8)15)7-17-12-4-3-11(19(20)21)14(16)18-12/h3-6H,7H2,1-2H3,(H3,16,17,18). The van der Waals surface area contributed by atoms with Crippen LogP contribution in [0.2, 0.25) is 0 Å². The van der Waals surface area contributed by atoms with Crippen LogP contribution < -0.4 is 11.1 Å². The smallest absolute Gasteiger partial charge is 0.311 e. The fourth-order valence-electron chi connectivity index (χ4n) is 2.05. The van der Waals surface area contributed by atoms with E-state index >= 15 is 0 Å². The summed E-state index contributed by atoms with van der Waals surface area (Å²) in [4.78, 5) is 14.0. The summed E-state index contributed by atoms with van der Waals surface area (Å²) in [5.74, 6) is 0.0747. The third-order valence-corrected chi connectivity index (χ3v) is 3.07. The van der Waals surface area contributed by atoms with Gasteiger partial charge in [-0.25, -0.2) is 9.37 Å². The van der Waals surface area contributed by atoms with E-state index in [1.54, 1.807) is 26.0 Å². The van der Waals surface area contributed by atoms with Crippen LogP contribution in [0.5, 0.6) is 0 Å². The second kappa shape index (κ2) is 5.74. The molecule has 0 aliphatic rings. The van der Waals surface area contributed by atoms with Gasteiger partial charge in [-0.2, -0.15) is 0 Å². The van der Waals surface area contributed by atoms with Crippen LogP contribution in [0.1, 0.15) is 16.7 Å². The van der Waals surface area contributed by atoms with E-state index in [0.717, 1.165) is 5.56 Å². The van der Waals surface area contributed by atoms with E-state index in [9.17, 15) is 14.5 Å². The summed E-state index contributed by atoms with van der Waals surface area (Å²) in [5.41, 5.74) is 7.33. The lowest BCUT2D eigenvalue weighted by molar-refractivity contribution is -0.384. The maximum Gasteiger partial charge on any atom is 0.311 e. The van der Waals surface area contributed by atoms with Crippen molar-refractivity contribution in [1.82, 2.24) is 4.98 Å². The van der Waals surface area contributed by atoms with Crippen LogP contribution in [0.4, 0.5) is 21.7 Å². The molecule has 0 amide bonds. The van der Waals surface area contributed by atoms with Gasteiger partial charge in [-0.3, -0.25) is 10.1 Å². The molecule has 0 radical (unpaired) electrons. The number of anilines is 2. The van der Waals surface area contributed by atoms with Gasteiger partial charge >= 0.3 is 5.69 Å². The van der Waals surface area contributed by atoms with Gasteiger partial charge in [0.05, 0.1) is 4.92 Å². The molecule has 1 aromatic heterocycles. The molecule has 2 aromatic rings. The number of halogens is 1. The molecule has 0 saturated heterocycles. The SMILES string of the molecule is Cc1cc(CNc2ccc([N+](=O)[O-])c(N)n2)cc(C)c1F. The first-order chi connectivity index (χ1) is 9.88. The van der Waals surface area contributed by atoms with Gasteiger partial charge in [0.2, 0.25) is 5.82 Å². The first kappa shape index (κ1) is 14.7. The molecule has 0 aliphatic heterocycles. The maximum absolute atomic E-state index is 13.5. The van der Waals surface area contributed by atoms with E-state index in [0.29, 0.717) is 23.5 Å². The molecule has 0 spiro atoms. The number of hydrogen-bond donors (Lipinski definition) is 2. The maximum atomic E-state index is 13.5. The number of nitrogens with one attached hydrogen (secondary N) is 1. The van der Waals surface area contributed by atoms with Crippen LogP contribution in [0.3, 0.4) is 0 Å². The van der Waals surface area contributed by atoms with Gasteiger partial charge < -0.3 is 11.1 Å². The van der Waals surface area contributed by atoms with Crippen molar-refractivity contribution < 1.29 is 9.31 Å². The molecular formula is C14H15FN4O2. The lowest BCUT2D eigenvalue weighted by atomic mass is 10.1. The lowest BCUT2D eigenvalue weighted by Crippen LogP contribution is -2.05. The second-order valence-corrected chi connectivity index (χ2v) is 4.76. The van der Waals surface area contributed by atoms with Crippen molar-refractivity contribution in [3.8, 4) is 0 Å². The molecule has 0 saturated carbocycles. The van der Waals surface area contributed by atoms with Crippen LogP contribution in [0.15, 0.2) is 24.3 Å². The molecule has 110 valence electrons.